The largest absolute Gasteiger partial charge is 0.464 e. The molecule has 2 N–H and O–H groups in total. The monoisotopic (exact) mass is 265 g/mol. The Morgan fingerprint density at radius 3 is 2.50 bits per heavy atom. The molecule has 0 radical (unpaired) electrons. The van der Waals surface area contributed by atoms with Gasteiger partial charge in [0.2, 0.25) is 0 Å². The second-order valence-electron chi connectivity index (χ2n) is 4.27. The highest BCUT2D eigenvalue weighted by Crippen LogP contribution is 2.23. The molecule has 2 rings (SSSR count). The van der Waals surface area contributed by atoms with Crippen LogP contribution < -0.4 is 5.73 Å². The van der Waals surface area contributed by atoms with E-state index in [2.05, 4.69) is 0 Å². The van der Waals surface area contributed by atoms with Crippen molar-refractivity contribution < 1.29 is 12.8 Å². The molecule has 1 aromatic carbocycles. The van der Waals surface area contributed by atoms with Crippen molar-refractivity contribution >= 4 is 9.84 Å². The van der Waals surface area contributed by atoms with E-state index in [4.69, 9.17) is 10.2 Å². The summed E-state index contributed by atoms with van der Waals surface area (Å²) in [7, 11) is -3.22. The first-order valence-corrected chi connectivity index (χ1v) is 7.39. The predicted octanol–water partition coefficient (Wildman–Crippen LogP) is 2.04. The standard InChI is InChI=1S/C13H15NO3S/c1-9-6-7-12(17-9)13(14)10-4-3-5-11(8-10)18(2,15)16/h3-8,13H,14H2,1-2H3. The topological polar surface area (TPSA) is 73.3 Å². The van der Waals surface area contributed by atoms with Crippen LogP contribution in [0.4, 0.5) is 0 Å². The lowest BCUT2D eigenvalue weighted by atomic mass is 10.1. The van der Waals surface area contributed by atoms with Crippen molar-refractivity contribution in [2.75, 3.05) is 6.26 Å². The number of hydrogen-bond donors (Lipinski definition) is 1. The Morgan fingerprint density at radius 2 is 1.94 bits per heavy atom. The van der Waals surface area contributed by atoms with Crippen LogP contribution in [0.5, 0.6) is 0 Å². The van der Waals surface area contributed by atoms with Crippen LogP contribution in [0.3, 0.4) is 0 Å². The lowest BCUT2D eigenvalue weighted by Gasteiger charge is -2.10. The maximum atomic E-state index is 11.5. The van der Waals surface area contributed by atoms with E-state index in [0.717, 1.165) is 5.76 Å². The second-order valence-corrected chi connectivity index (χ2v) is 6.29. The molecule has 1 heterocycles. The summed E-state index contributed by atoms with van der Waals surface area (Å²) in [5, 5.41) is 0. The van der Waals surface area contributed by atoms with Crippen molar-refractivity contribution in [3.63, 3.8) is 0 Å². The molecule has 0 fully saturated rings. The van der Waals surface area contributed by atoms with E-state index in [-0.39, 0.29) is 4.90 Å². The van der Waals surface area contributed by atoms with Crippen LogP contribution in [0.15, 0.2) is 45.7 Å². The van der Waals surface area contributed by atoms with Crippen molar-refractivity contribution in [2.45, 2.75) is 17.9 Å². The molecular weight excluding hydrogens is 250 g/mol. The molecule has 1 unspecified atom stereocenters. The molecule has 1 atom stereocenters. The summed E-state index contributed by atoms with van der Waals surface area (Å²) in [5.41, 5.74) is 6.77. The summed E-state index contributed by atoms with van der Waals surface area (Å²) in [6, 6.07) is 9.78. The van der Waals surface area contributed by atoms with Crippen molar-refractivity contribution in [3.05, 3.63) is 53.5 Å². The summed E-state index contributed by atoms with van der Waals surface area (Å²) in [4.78, 5) is 0.263. The van der Waals surface area contributed by atoms with Crippen LogP contribution in [0.25, 0.3) is 0 Å². The number of nitrogens with two attached hydrogens (primary N) is 1. The highest BCUT2D eigenvalue weighted by atomic mass is 32.2. The number of aryl methyl sites for hydroxylation is 1. The summed E-state index contributed by atoms with van der Waals surface area (Å²) in [6.45, 7) is 1.84. The summed E-state index contributed by atoms with van der Waals surface area (Å²) >= 11 is 0. The maximum Gasteiger partial charge on any atom is 0.175 e. The minimum atomic E-state index is -3.22. The summed E-state index contributed by atoms with van der Waals surface area (Å²) in [6.07, 6.45) is 1.18. The Morgan fingerprint density at radius 1 is 1.22 bits per heavy atom. The molecule has 1 aromatic heterocycles. The minimum absolute atomic E-state index is 0.263. The van der Waals surface area contributed by atoms with Crippen molar-refractivity contribution in [2.24, 2.45) is 5.73 Å². The number of sulfone groups is 1. The van der Waals surface area contributed by atoms with E-state index in [0.29, 0.717) is 11.3 Å². The molecule has 0 bridgehead atoms. The zero-order valence-corrected chi connectivity index (χ0v) is 11.1. The number of hydrogen-bond acceptors (Lipinski definition) is 4. The zero-order chi connectivity index (χ0) is 13.3. The molecule has 0 aliphatic carbocycles. The Balaban J connectivity index is 2.40. The normalized spacial score (nSPS) is 13.5. The fourth-order valence-corrected chi connectivity index (χ4v) is 2.40. The SMILES string of the molecule is Cc1ccc(C(N)c2cccc(S(C)(=O)=O)c2)o1. The van der Waals surface area contributed by atoms with Crippen molar-refractivity contribution in [3.8, 4) is 0 Å². The summed E-state index contributed by atoms with van der Waals surface area (Å²) in [5.74, 6) is 1.40. The van der Waals surface area contributed by atoms with Gasteiger partial charge in [-0.15, -0.1) is 0 Å². The van der Waals surface area contributed by atoms with Gasteiger partial charge in [-0.2, -0.15) is 0 Å². The maximum absolute atomic E-state index is 11.5. The fraction of sp³-hybridized carbons (Fsp3) is 0.231. The van der Waals surface area contributed by atoms with Gasteiger partial charge in [0.05, 0.1) is 10.9 Å². The van der Waals surface area contributed by atoms with Crippen LogP contribution in [0.2, 0.25) is 0 Å². The molecule has 2 aromatic rings. The van der Waals surface area contributed by atoms with Gasteiger partial charge >= 0.3 is 0 Å². The Hall–Kier alpha value is -1.59. The lowest BCUT2D eigenvalue weighted by Crippen LogP contribution is -2.11. The van der Waals surface area contributed by atoms with E-state index in [9.17, 15) is 8.42 Å². The van der Waals surface area contributed by atoms with Crippen LogP contribution in [0.1, 0.15) is 23.1 Å². The van der Waals surface area contributed by atoms with Crippen LogP contribution >= 0.6 is 0 Å². The van der Waals surface area contributed by atoms with Crippen molar-refractivity contribution in [1.82, 2.24) is 0 Å². The van der Waals surface area contributed by atoms with Gasteiger partial charge in [-0.3, -0.25) is 0 Å². The van der Waals surface area contributed by atoms with Gasteiger partial charge in [-0.1, -0.05) is 12.1 Å². The number of furan rings is 1. The molecule has 96 valence electrons. The van der Waals surface area contributed by atoms with Gasteiger partial charge in [0.15, 0.2) is 9.84 Å². The smallest absolute Gasteiger partial charge is 0.175 e. The Bertz CT molecular complexity index is 658. The predicted molar refractivity (Wildman–Crippen MR) is 69.0 cm³/mol. The van der Waals surface area contributed by atoms with Gasteiger partial charge < -0.3 is 10.2 Å². The van der Waals surface area contributed by atoms with E-state index >= 15 is 0 Å². The van der Waals surface area contributed by atoms with E-state index in [1.54, 1.807) is 30.3 Å². The quantitative estimate of drug-likeness (QED) is 0.921. The average molecular weight is 265 g/mol. The molecule has 0 saturated heterocycles. The highest BCUT2D eigenvalue weighted by Gasteiger charge is 2.15. The molecule has 4 nitrogen and oxygen atoms in total. The van der Waals surface area contributed by atoms with E-state index in [1.165, 1.54) is 6.26 Å². The van der Waals surface area contributed by atoms with Gasteiger partial charge in [0.1, 0.15) is 11.5 Å². The highest BCUT2D eigenvalue weighted by molar-refractivity contribution is 7.90. The van der Waals surface area contributed by atoms with E-state index < -0.39 is 15.9 Å². The minimum Gasteiger partial charge on any atom is -0.464 e. The third-order valence-electron chi connectivity index (χ3n) is 2.71. The zero-order valence-electron chi connectivity index (χ0n) is 10.3. The molecule has 18 heavy (non-hydrogen) atoms. The summed E-state index contributed by atoms with van der Waals surface area (Å²) < 4.78 is 28.4. The lowest BCUT2D eigenvalue weighted by molar-refractivity contribution is 0.466. The molecule has 5 heteroatoms. The van der Waals surface area contributed by atoms with Crippen LogP contribution in [0, 0.1) is 6.92 Å². The van der Waals surface area contributed by atoms with Gasteiger partial charge in [0, 0.05) is 6.26 Å². The van der Waals surface area contributed by atoms with Crippen LogP contribution in [-0.2, 0) is 9.84 Å². The Labute approximate surface area is 106 Å². The molecule has 0 aliphatic rings. The first-order valence-electron chi connectivity index (χ1n) is 5.50. The van der Waals surface area contributed by atoms with Gasteiger partial charge in [-0.05, 0) is 36.8 Å². The third-order valence-corrected chi connectivity index (χ3v) is 3.82. The van der Waals surface area contributed by atoms with E-state index in [1.807, 2.05) is 13.0 Å². The molecule has 0 amide bonds. The van der Waals surface area contributed by atoms with Gasteiger partial charge in [0.25, 0.3) is 0 Å². The average Bonchev–Trinajstić information content (AvgIpc) is 2.74. The number of rotatable bonds is 3. The van der Waals surface area contributed by atoms with Crippen molar-refractivity contribution in [1.29, 1.82) is 0 Å². The second kappa shape index (κ2) is 4.59. The molecule has 0 saturated carbocycles. The fourth-order valence-electron chi connectivity index (χ4n) is 1.72. The Kier molecular flexibility index (Phi) is 3.28. The van der Waals surface area contributed by atoms with Crippen LogP contribution in [-0.4, -0.2) is 14.7 Å². The molecule has 0 aliphatic heterocycles. The first kappa shape index (κ1) is 12.9. The molecular formula is C13H15NO3S. The molecule has 0 spiro atoms. The van der Waals surface area contributed by atoms with Gasteiger partial charge in [-0.25, -0.2) is 8.42 Å². The number of benzene rings is 1. The first-order chi connectivity index (χ1) is 8.38. The third kappa shape index (κ3) is 2.63.